The van der Waals surface area contributed by atoms with E-state index in [0.29, 0.717) is 16.9 Å². The van der Waals surface area contributed by atoms with Gasteiger partial charge in [0.15, 0.2) is 5.17 Å². The number of aliphatic imine (C=N–C) groups is 1. The van der Waals surface area contributed by atoms with E-state index in [0.717, 1.165) is 24.7 Å². The van der Waals surface area contributed by atoms with Crippen molar-refractivity contribution < 1.29 is 4.74 Å². The molecule has 1 saturated heterocycles. The zero-order chi connectivity index (χ0) is 13.9. The van der Waals surface area contributed by atoms with E-state index >= 15 is 0 Å². The highest BCUT2D eigenvalue weighted by Crippen LogP contribution is 2.49. The van der Waals surface area contributed by atoms with Gasteiger partial charge in [-0.25, -0.2) is 0 Å². The largest absolute Gasteiger partial charge is 0.385 e. The van der Waals surface area contributed by atoms with Crippen molar-refractivity contribution in [1.82, 2.24) is 5.32 Å². The fourth-order valence-electron chi connectivity index (χ4n) is 2.50. The molecule has 4 heteroatoms. The van der Waals surface area contributed by atoms with Gasteiger partial charge in [0, 0.05) is 32.1 Å². The highest BCUT2D eigenvalue weighted by molar-refractivity contribution is 8.13. The van der Waals surface area contributed by atoms with Crippen LogP contribution in [0.25, 0.3) is 0 Å². The maximum absolute atomic E-state index is 5.20. The molecule has 2 aliphatic rings. The van der Waals surface area contributed by atoms with E-state index in [2.05, 4.69) is 26.1 Å². The zero-order valence-corrected chi connectivity index (χ0v) is 13.6. The van der Waals surface area contributed by atoms with Gasteiger partial charge in [0.25, 0.3) is 0 Å². The summed E-state index contributed by atoms with van der Waals surface area (Å²) in [6.45, 7) is 8.76. The summed E-state index contributed by atoms with van der Waals surface area (Å²) in [6, 6.07) is 0.557. The third-order valence-corrected chi connectivity index (χ3v) is 5.30. The lowest BCUT2D eigenvalue weighted by atomic mass is 9.85. The number of amidine groups is 1. The van der Waals surface area contributed by atoms with Crippen LogP contribution < -0.4 is 5.32 Å². The summed E-state index contributed by atoms with van der Waals surface area (Å²) < 4.78 is 5.20. The first-order valence-corrected chi connectivity index (χ1v) is 8.36. The van der Waals surface area contributed by atoms with Crippen LogP contribution in [0.5, 0.6) is 0 Å². The number of hydrogen-bond donors (Lipinski definition) is 1. The van der Waals surface area contributed by atoms with E-state index in [4.69, 9.17) is 9.73 Å². The van der Waals surface area contributed by atoms with Crippen molar-refractivity contribution in [2.45, 2.75) is 52.5 Å². The van der Waals surface area contributed by atoms with Gasteiger partial charge in [-0.05, 0) is 36.5 Å². The molecule has 19 heavy (non-hydrogen) atoms. The monoisotopic (exact) mass is 284 g/mol. The topological polar surface area (TPSA) is 33.6 Å². The van der Waals surface area contributed by atoms with Crippen LogP contribution in [0.15, 0.2) is 4.99 Å². The van der Waals surface area contributed by atoms with Crippen molar-refractivity contribution in [1.29, 1.82) is 0 Å². The van der Waals surface area contributed by atoms with Gasteiger partial charge in [-0.3, -0.25) is 4.99 Å². The van der Waals surface area contributed by atoms with E-state index < -0.39 is 0 Å². The molecule has 0 bridgehead atoms. The molecule has 1 heterocycles. The molecule has 1 aliphatic carbocycles. The molecule has 0 aromatic carbocycles. The molecule has 1 unspecified atom stereocenters. The molecular formula is C15H28N2OS. The van der Waals surface area contributed by atoms with Gasteiger partial charge in [0.05, 0.1) is 0 Å². The zero-order valence-electron chi connectivity index (χ0n) is 12.8. The smallest absolute Gasteiger partial charge is 0.156 e. The Hall–Kier alpha value is -0.220. The lowest BCUT2D eigenvalue weighted by Crippen LogP contribution is -2.46. The minimum absolute atomic E-state index is 0.315. The van der Waals surface area contributed by atoms with Crippen molar-refractivity contribution in [3.05, 3.63) is 0 Å². The molecule has 1 N–H and O–H groups in total. The summed E-state index contributed by atoms with van der Waals surface area (Å²) in [4.78, 5) is 4.85. The first-order chi connectivity index (χ1) is 8.95. The summed E-state index contributed by atoms with van der Waals surface area (Å²) in [5.74, 6) is 1.19. The van der Waals surface area contributed by atoms with Crippen LogP contribution in [-0.2, 0) is 4.74 Å². The predicted molar refractivity (Wildman–Crippen MR) is 83.9 cm³/mol. The first kappa shape index (κ1) is 15.2. The fourth-order valence-corrected chi connectivity index (χ4v) is 3.43. The van der Waals surface area contributed by atoms with Crippen LogP contribution >= 0.6 is 11.8 Å². The SMILES string of the molecule is COCCC1(CN=C2NC(C(C)(C)C)CCS2)CC1. The van der Waals surface area contributed by atoms with Crippen molar-refractivity contribution in [3.8, 4) is 0 Å². The number of hydrogen-bond acceptors (Lipinski definition) is 3. The van der Waals surface area contributed by atoms with E-state index in [-0.39, 0.29) is 0 Å². The van der Waals surface area contributed by atoms with Crippen LogP contribution in [0.1, 0.15) is 46.5 Å². The first-order valence-electron chi connectivity index (χ1n) is 7.38. The molecule has 110 valence electrons. The minimum atomic E-state index is 0.315. The molecule has 1 saturated carbocycles. The van der Waals surface area contributed by atoms with Gasteiger partial charge in [-0.15, -0.1) is 0 Å². The Morgan fingerprint density at radius 1 is 1.42 bits per heavy atom. The van der Waals surface area contributed by atoms with Crippen LogP contribution in [0, 0.1) is 10.8 Å². The minimum Gasteiger partial charge on any atom is -0.385 e. The Morgan fingerprint density at radius 3 is 2.74 bits per heavy atom. The van der Waals surface area contributed by atoms with E-state index in [1.54, 1.807) is 7.11 Å². The Bertz CT molecular complexity index is 332. The summed E-state index contributed by atoms with van der Waals surface area (Å²) in [5.41, 5.74) is 0.773. The number of rotatable bonds is 5. The highest BCUT2D eigenvalue weighted by Gasteiger charge is 2.42. The van der Waals surface area contributed by atoms with Gasteiger partial charge in [0.2, 0.25) is 0 Å². The van der Waals surface area contributed by atoms with E-state index in [1.165, 1.54) is 25.0 Å². The molecular weight excluding hydrogens is 256 g/mol. The maximum atomic E-state index is 5.20. The number of thioether (sulfide) groups is 1. The normalized spacial score (nSPS) is 28.2. The summed E-state index contributed by atoms with van der Waals surface area (Å²) in [5, 5.41) is 4.79. The summed E-state index contributed by atoms with van der Waals surface area (Å²) in [6.07, 6.45) is 5.04. The average molecular weight is 284 g/mol. The fraction of sp³-hybridized carbons (Fsp3) is 0.933. The number of methoxy groups -OCH3 is 1. The number of nitrogens with one attached hydrogen (secondary N) is 1. The van der Waals surface area contributed by atoms with Gasteiger partial charge in [0.1, 0.15) is 0 Å². The average Bonchev–Trinajstić information content (AvgIpc) is 3.14. The second-order valence-electron chi connectivity index (χ2n) is 7.06. The van der Waals surface area contributed by atoms with Gasteiger partial charge < -0.3 is 10.1 Å². The van der Waals surface area contributed by atoms with Crippen LogP contribution in [0.4, 0.5) is 0 Å². The second kappa shape index (κ2) is 6.04. The summed E-state index contributed by atoms with van der Waals surface area (Å²) in [7, 11) is 1.79. The lowest BCUT2D eigenvalue weighted by molar-refractivity contribution is 0.174. The predicted octanol–water partition coefficient (Wildman–Crippen LogP) is 3.30. The molecule has 0 radical (unpaired) electrons. The number of ether oxygens (including phenoxy) is 1. The molecule has 0 spiro atoms. The molecule has 3 nitrogen and oxygen atoms in total. The van der Waals surface area contributed by atoms with Gasteiger partial charge >= 0.3 is 0 Å². The van der Waals surface area contributed by atoms with Crippen molar-refractivity contribution in [3.63, 3.8) is 0 Å². The van der Waals surface area contributed by atoms with Crippen LogP contribution in [0.3, 0.4) is 0 Å². The molecule has 0 aromatic rings. The Balaban J connectivity index is 1.86. The highest BCUT2D eigenvalue weighted by atomic mass is 32.2. The van der Waals surface area contributed by atoms with Gasteiger partial charge in [-0.1, -0.05) is 32.5 Å². The number of nitrogens with zero attached hydrogens (tertiary/aromatic N) is 1. The lowest BCUT2D eigenvalue weighted by Gasteiger charge is -2.35. The summed E-state index contributed by atoms with van der Waals surface area (Å²) >= 11 is 1.88. The van der Waals surface area contributed by atoms with Crippen LogP contribution in [-0.4, -0.2) is 37.2 Å². The third kappa shape index (κ3) is 4.38. The Labute approximate surface area is 122 Å². The Kier molecular flexibility index (Phi) is 4.83. The van der Waals surface area contributed by atoms with E-state index in [9.17, 15) is 0 Å². The molecule has 0 amide bonds. The van der Waals surface area contributed by atoms with Crippen LogP contribution in [0.2, 0.25) is 0 Å². The molecule has 1 atom stereocenters. The Morgan fingerprint density at radius 2 is 2.16 bits per heavy atom. The molecule has 0 aromatic heterocycles. The standard InChI is InChI=1S/C15H28N2OS/c1-14(2,3)12-5-10-19-13(17-12)16-11-15(6-7-15)8-9-18-4/h12H,5-11H2,1-4H3,(H,16,17). The van der Waals surface area contributed by atoms with Crippen molar-refractivity contribution in [2.75, 3.05) is 26.0 Å². The van der Waals surface area contributed by atoms with Crippen molar-refractivity contribution in [2.24, 2.45) is 15.8 Å². The third-order valence-electron chi connectivity index (χ3n) is 4.34. The second-order valence-corrected chi connectivity index (χ2v) is 8.15. The van der Waals surface area contributed by atoms with E-state index in [1.807, 2.05) is 11.8 Å². The molecule has 2 rings (SSSR count). The maximum Gasteiger partial charge on any atom is 0.156 e. The van der Waals surface area contributed by atoms with Crippen molar-refractivity contribution >= 4 is 16.9 Å². The van der Waals surface area contributed by atoms with Gasteiger partial charge in [-0.2, -0.15) is 0 Å². The molecule has 2 fully saturated rings. The molecule has 1 aliphatic heterocycles. The quantitative estimate of drug-likeness (QED) is 0.841.